The lowest BCUT2D eigenvalue weighted by Gasteiger charge is -2.31. The van der Waals surface area contributed by atoms with E-state index in [1.807, 2.05) is 19.1 Å². The highest BCUT2D eigenvalue weighted by atomic mass is 16.5. The predicted molar refractivity (Wildman–Crippen MR) is 73.4 cm³/mol. The van der Waals surface area contributed by atoms with Crippen LogP contribution < -0.4 is 10.5 Å². The van der Waals surface area contributed by atoms with Crippen LogP contribution in [0.1, 0.15) is 51.6 Å². The van der Waals surface area contributed by atoms with E-state index in [-0.39, 0.29) is 6.04 Å². The zero-order chi connectivity index (χ0) is 13.1. The molecular weight excluding hydrogens is 224 g/mol. The summed E-state index contributed by atoms with van der Waals surface area (Å²) in [4.78, 5) is 4.29. The van der Waals surface area contributed by atoms with E-state index in [0.717, 1.165) is 36.1 Å². The molecule has 1 heterocycles. The molecule has 3 heteroatoms. The van der Waals surface area contributed by atoms with Crippen LogP contribution in [0.3, 0.4) is 0 Å². The lowest BCUT2D eigenvalue weighted by atomic mass is 9.82. The Morgan fingerprint density at radius 3 is 2.56 bits per heavy atom. The fourth-order valence-electron chi connectivity index (χ4n) is 2.91. The van der Waals surface area contributed by atoms with Crippen molar-refractivity contribution in [2.24, 2.45) is 17.6 Å². The van der Waals surface area contributed by atoms with Crippen molar-refractivity contribution < 1.29 is 4.74 Å². The van der Waals surface area contributed by atoms with E-state index in [2.05, 4.69) is 18.8 Å². The summed E-state index contributed by atoms with van der Waals surface area (Å²) in [7, 11) is 0. The molecule has 0 bridgehead atoms. The molecule has 1 aromatic rings. The number of aromatic nitrogens is 1. The van der Waals surface area contributed by atoms with Crippen LogP contribution in [0.5, 0.6) is 5.88 Å². The van der Waals surface area contributed by atoms with E-state index in [1.165, 1.54) is 6.42 Å². The summed E-state index contributed by atoms with van der Waals surface area (Å²) in [5.41, 5.74) is 6.96. The SMILES string of the molecule is CC1CC(C)CC(Oc2cc([C@@H](C)N)ccn2)C1. The normalized spacial score (nSPS) is 29.9. The smallest absolute Gasteiger partial charge is 0.213 e. The Balaban J connectivity index is 2.02. The zero-order valence-corrected chi connectivity index (χ0v) is 11.6. The van der Waals surface area contributed by atoms with E-state index in [0.29, 0.717) is 6.10 Å². The van der Waals surface area contributed by atoms with Crippen LogP contribution in [-0.2, 0) is 0 Å². The Morgan fingerprint density at radius 1 is 1.28 bits per heavy atom. The lowest BCUT2D eigenvalue weighted by molar-refractivity contribution is 0.0966. The Bertz CT molecular complexity index is 382. The fraction of sp³-hybridized carbons (Fsp3) is 0.667. The topological polar surface area (TPSA) is 48.1 Å². The molecule has 0 aliphatic heterocycles. The molecule has 100 valence electrons. The molecule has 3 nitrogen and oxygen atoms in total. The largest absolute Gasteiger partial charge is 0.474 e. The standard InChI is InChI=1S/C15H24N2O/c1-10-6-11(2)8-14(7-10)18-15-9-13(12(3)16)4-5-17-15/h4-5,9-12,14H,6-8,16H2,1-3H3/t10?,11?,12-,14?/m1/s1. The minimum absolute atomic E-state index is 0.0274. The molecule has 1 aromatic heterocycles. The van der Waals surface area contributed by atoms with Gasteiger partial charge in [0.25, 0.3) is 0 Å². The summed E-state index contributed by atoms with van der Waals surface area (Å²) in [5.74, 6) is 2.21. The Morgan fingerprint density at radius 2 is 1.94 bits per heavy atom. The molecular formula is C15H24N2O. The van der Waals surface area contributed by atoms with Crippen LogP contribution in [-0.4, -0.2) is 11.1 Å². The van der Waals surface area contributed by atoms with Gasteiger partial charge in [0.15, 0.2) is 0 Å². The monoisotopic (exact) mass is 248 g/mol. The summed E-state index contributed by atoms with van der Waals surface area (Å²) < 4.78 is 6.02. The number of nitrogens with zero attached hydrogens (tertiary/aromatic N) is 1. The van der Waals surface area contributed by atoms with Gasteiger partial charge in [-0.25, -0.2) is 4.98 Å². The van der Waals surface area contributed by atoms with E-state index < -0.39 is 0 Å². The van der Waals surface area contributed by atoms with Gasteiger partial charge in [0, 0.05) is 18.3 Å². The fourth-order valence-corrected chi connectivity index (χ4v) is 2.91. The molecule has 2 rings (SSSR count). The molecule has 1 saturated carbocycles. The van der Waals surface area contributed by atoms with Gasteiger partial charge in [-0.3, -0.25) is 0 Å². The summed E-state index contributed by atoms with van der Waals surface area (Å²) in [6, 6.07) is 3.94. The van der Waals surface area contributed by atoms with Crippen LogP contribution in [0.4, 0.5) is 0 Å². The molecule has 0 saturated heterocycles. The highest BCUT2D eigenvalue weighted by Crippen LogP contribution is 2.31. The van der Waals surface area contributed by atoms with Crippen LogP contribution in [0, 0.1) is 11.8 Å². The second-order valence-corrected chi connectivity index (χ2v) is 5.87. The van der Waals surface area contributed by atoms with E-state index in [1.54, 1.807) is 6.20 Å². The molecule has 0 radical (unpaired) electrons. The number of ether oxygens (including phenoxy) is 1. The minimum Gasteiger partial charge on any atom is -0.474 e. The van der Waals surface area contributed by atoms with Crippen molar-refractivity contribution in [2.75, 3.05) is 0 Å². The van der Waals surface area contributed by atoms with Crippen LogP contribution >= 0.6 is 0 Å². The van der Waals surface area contributed by atoms with Crippen molar-refractivity contribution in [1.29, 1.82) is 0 Å². The molecule has 3 atom stereocenters. The predicted octanol–water partition coefficient (Wildman–Crippen LogP) is 3.30. The third-order valence-electron chi connectivity index (χ3n) is 3.71. The van der Waals surface area contributed by atoms with Crippen molar-refractivity contribution in [3.8, 4) is 5.88 Å². The van der Waals surface area contributed by atoms with E-state index in [4.69, 9.17) is 10.5 Å². The van der Waals surface area contributed by atoms with Gasteiger partial charge in [0.05, 0.1) is 0 Å². The highest BCUT2D eigenvalue weighted by molar-refractivity contribution is 5.23. The van der Waals surface area contributed by atoms with Crippen molar-refractivity contribution in [1.82, 2.24) is 4.98 Å². The summed E-state index contributed by atoms with van der Waals surface area (Å²) in [6.45, 7) is 6.58. The summed E-state index contributed by atoms with van der Waals surface area (Å²) in [5, 5.41) is 0. The van der Waals surface area contributed by atoms with Crippen molar-refractivity contribution in [3.63, 3.8) is 0 Å². The molecule has 0 amide bonds. The van der Waals surface area contributed by atoms with Crippen LogP contribution in [0.15, 0.2) is 18.3 Å². The molecule has 1 aliphatic rings. The maximum absolute atomic E-state index is 6.02. The third-order valence-corrected chi connectivity index (χ3v) is 3.71. The molecule has 2 N–H and O–H groups in total. The number of rotatable bonds is 3. The minimum atomic E-state index is 0.0274. The van der Waals surface area contributed by atoms with Gasteiger partial charge in [0.2, 0.25) is 5.88 Å². The average molecular weight is 248 g/mol. The van der Waals surface area contributed by atoms with E-state index in [9.17, 15) is 0 Å². The Kier molecular flexibility index (Phi) is 4.23. The number of hydrogen-bond donors (Lipinski definition) is 1. The first-order chi connectivity index (χ1) is 8.54. The first-order valence-electron chi connectivity index (χ1n) is 6.92. The molecule has 1 aliphatic carbocycles. The van der Waals surface area contributed by atoms with Gasteiger partial charge < -0.3 is 10.5 Å². The maximum Gasteiger partial charge on any atom is 0.213 e. The summed E-state index contributed by atoms with van der Waals surface area (Å²) in [6.07, 6.45) is 5.67. The van der Waals surface area contributed by atoms with Crippen LogP contribution in [0.2, 0.25) is 0 Å². The number of hydrogen-bond acceptors (Lipinski definition) is 3. The van der Waals surface area contributed by atoms with Crippen LogP contribution in [0.25, 0.3) is 0 Å². The van der Waals surface area contributed by atoms with Gasteiger partial charge in [-0.15, -0.1) is 0 Å². The lowest BCUT2D eigenvalue weighted by Crippen LogP contribution is -2.28. The van der Waals surface area contributed by atoms with Gasteiger partial charge in [0.1, 0.15) is 6.10 Å². The second-order valence-electron chi connectivity index (χ2n) is 5.87. The molecule has 2 unspecified atom stereocenters. The highest BCUT2D eigenvalue weighted by Gasteiger charge is 2.25. The van der Waals surface area contributed by atoms with Crippen molar-refractivity contribution >= 4 is 0 Å². The maximum atomic E-state index is 6.02. The molecule has 18 heavy (non-hydrogen) atoms. The Hall–Kier alpha value is -1.09. The van der Waals surface area contributed by atoms with Gasteiger partial charge in [-0.1, -0.05) is 13.8 Å². The quantitative estimate of drug-likeness (QED) is 0.892. The third kappa shape index (κ3) is 3.45. The molecule has 0 spiro atoms. The molecule has 0 aromatic carbocycles. The second kappa shape index (κ2) is 5.70. The Labute approximate surface area is 110 Å². The molecule has 1 fully saturated rings. The van der Waals surface area contributed by atoms with Gasteiger partial charge >= 0.3 is 0 Å². The number of nitrogens with two attached hydrogens (primary N) is 1. The van der Waals surface area contributed by atoms with Gasteiger partial charge in [-0.2, -0.15) is 0 Å². The number of pyridine rings is 1. The van der Waals surface area contributed by atoms with Crippen molar-refractivity contribution in [2.45, 2.75) is 52.2 Å². The van der Waals surface area contributed by atoms with E-state index >= 15 is 0 Å². The van der Waals surface area contributed by atoms with Crippen molar-refractivity contribution in [3.05, 3.63) is 23.9 Å². The average Bonchev–Trinajstić information content (AvgIpc) is 2.27. The zero-order valence-electron chi connectivity index (χ0n) is 11.6. The van der Waals surface area contributed by atoms with Gasteiger partial charge in [-0.05, 0) is 49.7 Å². The first kappa shape index (κ1) is 13.3. The summed E-state index contributed by atoms with van der Waals surface area (Å²) >= 11 is 0. The first-order valence-corrected chi connectivity index (χ1v) is 6.92.